The molecule has 0 unspecified atom stereocenters. The molecule has 0 aromatic carbocycles. The van der Waals surface area contributed by atoms with Gasteiger partial charge >= 0.3 is 0 Å². The van der Waals surface area contributed by atoms with E-state index in [1.165, 1.54) is 0 Å². The van der Waals surface area contributed by atoms with Crippen LogP contribution in [0.5, 0.6) is 0 Å². The van der Waals surface area contributed by atoms with Crippen LogP contribution >= 0.6 is 27.5 Å². The zero-order valence-electron chi connectivity index (χ0n) is 5.01. The lowest BCUT2D eigenvalue weighted by Gasteiger charge is -1.89. The fraction of sp³-hybridized carbons (Fsp3) is 0. The number of nitrogens with zero attached hydrogens (tertiary/aromatic N) is 1. The van der Waals surface area contributed by atoms with E-state index in [9.17, 15) is 0 Å². The fourth-order valence-electron chi connectivity index (χ4n) is 0.548. The Morgan fingerprint density at radius 2 is 2.50 bits per heavy atom. The normalized spacial score (nSPS) is 10.6. The lowest BCUT2D eigenvalue weighted by atomic mass is 10.3. The van der Waals surface area contributed by atoms with Crippen molar-refractivity contribution in [1.29, 1.82) is 0 Å². The van der Waals surface area contributed by atoms with E-state index in [1.54, 1.807) is 17.2 Å². The van der Waals surface area contributed by atoms with Gasteiger partial charge in [-0.05, 0) is 22.7 Å². The summed E-state index contributed by atoms with van der Waals surface area (Å²) in [5.74, 6) is 0. The molecule has 51 valence electrons. The van der Waals surface area contributed by atoms with E-state index in [2.05, 4.69) is 27.1 Å². The number of hydrogen-bond acceptors (Lipinski definition) is 1. The summed E-state index contributed by atoms with van der Waals surface area (Å²) in [5.41, 5.74) is 0.959. The molecule has 0 aliphatic rings. The molecule has 3 heteroatoms. The first kappa shape index (κ1) is 7.76. The largest absolute Gasteiger partial charge is 0.252 e. The molecule has 10 heavy (non-hydrogen) atoms. The van der Waals surface area contributed by atoms with E-state index in [-0.39, 0.29) is 0 Å². The van der Waals surface area contributed by atoms with Crippen LogP contribution in [0.1, 0.15) is 5.56 Å². The van der Waals surface area contributed by atoms with Gasteiger partial charge in [-0.25, -0.2) is 0 Å². The summed E-state index contributed by atoms with van der Waals surface area (Å²) in [7, 11) is 0. The van der Waals surface area contributed by atoms with Crippen LogP contribution in [0, 0.1) is 6.20 Å². The van der Waals surface area contributed by atoms with Gasteiger partial charge in [0, 0.05) is 6.20 Å². The van der Waals surface area contributed by atoms with Crippen molar-refractivity contribution in [2.45, 2.75) is 0 Å². The van der Waals surface area contributed by atoms with Crippen LogP contribution < -0.4 is 0 Å². The summed E-state index contributed by atoms with van der Waals surface area (Å²) in [6, 6.07) is 1.78. The topological polar surface area (TPSA) is 12.9 Å². The third-order valence-electron chi connectivity index (χ3n) is 0.934. The van der Waals surface area contributed by atoms with Crippen LogP contribution in [0.25, 0.3) is 6.08 Å². The maximum atomic E-state index is 5.61. The fourth-order valence-corrected chi connectivity index (χ4v) is 1.03. The minimum atomic E-state index is 0.531. The van der Waals surface area contributed by atoms with Crippen LogP contribution in [0.3, 0.4) is 0 Å². The molecule has 0 bridgehead atoms. The third-order valence-corrected chi connectivity index (χ3v) is 1.39. The first-order valence-electron chi connectivity index (χ1n) is 2.63. The quantitative estimate of drug-likeness (QED) is 0.705. The molecule has 0 N–H and O–H groups in total. The van der Waals surface area contributed by atoms with Crippen LogP contribution in [0.4, 0.5) is 0 Å². The zero-order valence-corrected chi connectivity index (χ0v) is 7.35. The Labute approximate surface area is 72.9 Å². The molecular weight excluding hydrogens is 213 g/mol. The predicted octanol–water partition coefficient (Wildman–Crippen LogP) is 2.90. The average Bonchev–Trinajstić information content (AvgIpc) is 1.88. The first-order chi connectivity index (χ1) is 4.83. The third kappa shape index (κ3) is 2.12. The van der Waals surface area contributed by atoms with E-state index in [1.807, 2.05) is 6.08 Å². The molecule has 0 amide bonds. The highest BCUT2D eigenvalue weighted by atomic mass is 79.9. The molecule has 0 aliphatic heterocycles. The van der Waals surface area contributed by atoms with Gasteiger partial charge in [0.15, 0.2) is 0 Å². The predicted molar refractivity (Wildman–Crippen MR) is 46.0 cm³/mol. The van der Waals surface area contributed by atoms with Crippen molar-refractivity contribution in [2.24, 2.45) is 0 Å². The Morgan fingerprint density at radius 3 is 3.10 bits per heavy atom. The second-order valence-corrected chi connectivity index (χ2v) is 2.59. The zero-order chi connectivity index (χ0) is 7.40. The molecule has 0 atom stereocenters. The molecule has 0 aliphatic carbocycles. The van der Waals surface area contributed by atoms with Gasteiger partial charge < -0.3 is 0 Å². The Morgan fingerprint density at radius 1 is 1.70 bits per heavy atom. The van der Waals surface area contributed by atoms with Crippen molar-refractivity contribution in [3.63, 3.8) is 0 Å². The van der Waals surface area contributed by atoms with Gasteiger partial charge in [-0.1, -0.05) is 27.5 Å². The molecular formula is C7H4BrClN. The highest BCUT2D eigenvalue weighted by molar-refractivity contribution is 9.11. The smallest absolute Gasteiger partial charge is 0.109 e. The Bertz CT molecular complexity index is 247. The Hall–Kier alpha value is -0.340. The molecule has 1 aromatic rings. The highest BCUT2D eigenvalue weighted by Gasteiger charge is 1.88. The molecule has 1 nitrogen and oxygen atoms in total. The van der Waals surface area contributed by atoms with Crippen molar-refractivity contribution >= 4 is 33.6 Å². The standard InChI is InChI=1S/C7H4BrClN/c8-2-1-6-3-7(9)5-10-4-6/h1-4H/b2-1+. The molecule has 0 saturated carbocycles. The van der Waals surface area contributed by atoms with E-state index < -0.39 is 0 Å². The summed E-state index contributed by atoms with van der Waals surface area (Å²) in [6.07, 6.45) is 6.13. The van der Waals surface area contributed by atoms with Gasteiger partial charge in [-0.15, -0.1) is 0 Å². The summed E-state index contributed by atoms with van der Waals surface area (Å²) < 4.78 is 0. The van der Waals surface area contributed by atoms with Crippen LogP contribution in [-0.2, 0) is 0 Å². The van der Waals surface area contributed by atoms with Gasteiger partial charge in [0.2, 0.25) is 0 Å². The maximum absolute atomic E-state index is 5.61. The van der Waals surface area contributed by atoms with E-state index in [0.717, 1.165) is 5.56 Å². The minimum absolute atomic E-state index is 0.531. The summed E-state index contributed by atoms with van der Waals surface area (Å²) in [5, 5.41) is 0.531. The number of halogens is 2. The van der Waals surface area contributed by atoms with Gasteiger partial charge in [0.1, 0.15) is 6.20 Å². The second-order valence-electron chi connectivity index (χ2n) is 1.65. The number of pyridine rings is 1. The number of aromatic nitrogens is 1. The first-order valence-corrected chi connectivity index (χ1v) is 3.92. The summed E-state index contributed by atoms with van der Waals surface area (Å²) in [4.78, 5) is 5.52. The van der Waals surface area contributed by atoms with Crippen LogP contribution in [0.15, 0.2) is 17.2 Å². The van der Waals surface area contributed by atoms with Crippen molar-refractivity contribution in [1.82, 2.24) is 4.98 Å². The molecule has 0 saturated heterocycles. The second kappa shape index (κ2) is 3.74. The van der Waals surface area contributed by atoms with Crippen molar-refractivity contribution in [3.05, 3.63) is 34.0 Å². The monoisotopic (exact) mass is 216 g/mol. The lowest BCUT2D eigenvalue weighted by Crippen LogP contribution is -1.75. The van der Waals surface area contributed by atoms with E-state index in [4.69, 9.17) is 11.6 Å². The number of hydrogen-bond donors (Lipinski definition) is 0. The van der Waals surface area contributed by atoms with Gasteiger partial charge in [0.25, 0.3) is 0 Å². The van der Waals surface area contributed by atoms with Gasteiger partial charge in [-0.2, -0.15) is 0 Å². The van der Waals surface area contributed by atoms with Crippen molar-refractivity contribution < 1.29 is 0 Å². The van der Waals surface area contributed by atoms with E-state index in [0.29, 0.717) is 5.02 Å². The maximum Gasteiger partial charge on any atom is 0.109 e. The molecule has 1 heterocycles. The minimum Gasteiger partial charge on any atom is -0.252 e. The molecule has 0 fully saturated rings. The van der Waals surface area contributed by atoms with Gasteiger partial charge in [0.05, 0.1) is 5.02 Å². The SMILES string of the molecule is Clc1[c]ncc(/C=C/Br)c1. The lowest BCUT2D eigenvalue weighted by molar-refractivity contribution is 1.30. The van der Waals surface area contributed by atoms with Crippen molar-refractivity contribution in [2.75, 3.05) is 0 Å². The Kier molecular flexibility index (Phi) is 2.90. The van der Waals surface area contributed by atoms with E-state index >= 15 is 0 Å². The Balaban J connectivity index is 2.95. The van der Waals surface area contributed by atoms with Crippen LogP contribution in [-0.4, -0.2) is 4.98 Å². The molecule has 1 aromatic heterocycles. The highest BCUT2D eigenvalue weighted by Crippen LogP contribution is 2.09. The molecule has 1 radical (unpaired) electrons. The van der Waals surface area contributed by atoms with Gasteiger partial charge in [-0.3, -0.25) is 4.98 Å². The number of rotatable bonds is 1. The summed E-state index contributed by atoms with van der Waals surface area (Å²) >= 11 is 8.76. The molecule has 1 rings (SSSR count). The van der Waals surface area contributed by atoms with Crippen molar-refractivity contribution in [3.8, 4) is 0 Å². The molecule has 0 spiro atoms. The van der Waals surface area contributed by atoms with Crippen LogP contribution in [0.2, 0.25) is 5.02 Å². The summed E-state index contributed by atoms with van der Waals surface area (Å²) in [6.45, 7) is 0. The average molecular weight is 217 g/mol.